The molecule has 1 fully saturated rings. The summed E-state index contributed by atoms with van der Waals surface area (Å²) in [7, 11) is 1.47. The van der Waals surface area contributed by atoms with Crippen LogP contribution < -0.4 is 20.7 Å². The number of nitrogens with one attached hydrogen (secondary N) is 1. The molecule has 224 valence electrons. The topological polar surface area (TPSA) is 151 Å². The largest absolute Gasteiger partial charge is 0.493 e. The number of aliphatic hydroxyl groups is 1. The molecule has 4 aromatic rings. The van der Waals surface area contributed by atoms with E-state index in [1.165, 1.54) is 23.9 Å². The van der Waals surface area contributed by atoms with Crippen LogP contribution in [0.5, 0.6) is 11.5 Å². The summed E-state index contributed by atoms with van der Waals surface area (Å²) in [6, 6.07) is 9.40. The third-order valence-corrected chi connectivity index (χ3v) is 7.50. The average Bonchev–Trinajstić information content (AvgIpc) is 3.64. The lowest BCUT2D eigenvalue weighted by Gasteiger charge is -2.15. The van der Waals surface area contributed by atoms with Crippen LogP contribution in [0.25, 0.3) is 6.08 Å². The Labute approximate surface area is 255 Å². The monoisotopic (exact) mass is 627 g/mol. The quantitative estimate of drug-likeness (QED) is 0.198. The molecule has 1 aliphatic heterocycles. The highest BCUT2D eigenvalue weighted by Crippen LogP contribution is 2.36. The fraction of sp³-hybridized carbons (Fsp3) is 0.276. The van der Waals surface area contributed by atoms with Crippen molar-refractivity contribution in [2.75, 3.05) is 13.7 Å². The van der Waals surface area contributed by atoms with Crippen molar-refractivity contribution >= 4 is 35.1 Å². The van der Waals surface area contributed by atoms with E-state index in [0.717, 1.165) is 0 Å². The van der Waals surface area contributed by atoms with Gasteiger partial charge in [-0.2, -0.15) is 0 Å². The van der Waals surface area contributed by atoms with Crippen molar-refractivity contribution in [2.24, 2.45) is 0 Å². The molecule has 0 unspecified atom stereocenters. The summed E-state index contributed by atoms with van der Waals surface area (Å²) in [5.74, 6) is 0.488. The van der Waals surface area contributed by atoms with E-state index >= 15 is 0 Å². The molecule has 3 atom stereocenters. The van der Waals surface area contributed by atoms with E-state index in [4.69, 9.17) is 37.4 Å². The molecule has 2 aromatic carbocycles. The van der Waals surface area contributed by atoms with E-state index < -0.39 is 29.6 Å². The number of allylic oxidation sites excluding steroid dienone is 1. The van der Waals surface area contributed by atoms with E-state index in [9.17, 15) is 19.5 Å². The molecule has 14 heteroatoms. The van der Waals surface area contributed by atoms with Gasteiger partial charge in [-0.3, -0.25) is 19.1 Å². The number of H-pyrrole nitrogens is 1. The van der Waals surface area contributed by atoms with Gasteiger partial charge in [0.25, 0.3) is 5.56 Å². The Hall–Kier alpha value is -4.23. The fourth-order valence-electron chi connectivity index (χ4n) is 4.66. The van der Waals surface area contributed by atoms with Crippen molar-refractivity contribution in [1.82, 2.24) is 24.5 Å². The van der Waals surface area contributed by atoms with Crippen LogP contribution in [0.4, 0.5) is 0 Å². The highest BCUT2D eigenvalue weighted by atomic mass is 35.5. The van der Waals surface area contributed by atoms with Crippen LogP contribution in [0.3, 0.4) is 0 Å². The number of nitrogens with zero attached hydrogens (tertiary/aromatic N) is 4. The zero-order chi connectivity index (χ0) is 30.7. The molecule has 5 rings (SSSR count). The zero-order valence-electron chi connectivity index (χ0n) is 23.1. The molecule has 0 bridgehead atoms. The Morgan fingerprint density at radius 2 is 2.00 bits per heavy atom. The number of hydrogen-bond acceptors (Lipinski definition) is 9. The lowest BCUT2D eigenvalue weighted by Crippen LogP contribution is -2.33. The van der Waals surface area contributed by atoms with Crippen LogP contribution in [0.15, 0.2) is 64.5 Å². The third-order valence-electron chi connectivity index (χ3n) is 6.94. The Morgan fingerprint density at radius 1 is 1.19 bits per heavy atom. The van der Waals surface area contributed by atoms with E-state index in [1.807, 2.05) is 0 Å². The highest BCUT2D eigenvalue weighted by molar-refractivity contribution is 6.35. The summed E-state index contributed by atoms with van der Waals surface area (Å²) >= 11 is 12.1. The second-order valence-electron chi connectivity index (χ2n) is 9.80. The number of carbonyl (C=O) groups is 1. The lowest BCUT2D eigenvalue weighted by molar-refractivity contribution is -0.0323. The minimum absolute atomic E-state index is 0.0397. The number of benzene rings is 2. The number of aliphatic hydroxyl groups excluding tert-OH is 1. The van der Waals surface area contributed by atoms with Gasteiger partial charge in [-0.25, -0.2) is 9.48 Å². The van der Waals surface area contributed by atoms with Crippen molar-refractivity contribution in [2.45, 2.75) is 38.3 Å². The predicted octanol–water partition coefficient (Wildman–Crippen LogP) is 3.75. The van der Waals surface area contributed by atoms with Crippen molar-refractivity contribution in [3.05, 3.63) is 108 Å². The first kappa shape index (κ1) is 30.2. The molecular formula is C29H27Cl2N5O7. The predicted molar refractivity (Wildman–Crippen MR) is 158 cm³/mol. The van der Waals surface area contributed by atoms with Crippen LogP contribution in [0.1, 0.15) is 45.9 Å². The molecule has 1 saturated heterocycles. The van der Waals surface area contributed by atoms with Crippen molar-refractivity contribution < 1.29 is 24.1 Å². The summed E-state index contributed by atoms with van der Waals surface area (Å²) in [6.07, 6.45) is 5.06. The summed E-state index contributed by atoms with van der Waals surface area (Å²) in [6.45, 7) is 1.32. The molecule has 0 spiro atoms. The van der Waals surface area contributed by atoms with Gasteiger partial charge in [0, 0.05) is 33.8 Å². The van der Waals surface area contributed by atoms with Crippen LogP contribution in [-0.2, 0) is 11.3 Å². The molecule has 2 aromatic heterocycles. The molecule has 1 aliphatic rings. The van der Waals surface area contributed by atoms with Gasteiger partial charge in [0.05, 0.1) is 26.0 Å². The van der Waals surface area contributed by atoms with E-state index in [0.29, 0.717) is 50.3 Å². The minimum Gasteiger partial charge on any atom is -0.493 e. The first-order valence-electron chi connectivity index (χ1n) is 13.1. The Balaban J connectivity index is 1.25. The van der Waals surface area contributed by atoms with Gasteiger partial charge < -0.3 is 19.3 Å². The Morgan fingerprint density at radius 3 is 2.74 bits per heavy atom. The second kappa shape index (κ2) is 13.0. The number of aromatic amines is 1. The summed E-state index contributed by atoms with van der Waals surface area (Å²) in [5.41, 5.74) is 0.824. The summed E-state index contributed by atoms with van der Waals surface area (Å²) < 4.78 is 20.1. The number of halogens is 2. The third kappa shape index (κ3) is 6.73. The highest BCUT2D eigenvalue weighted by Gasteiger charge is 2.38. The first-order chi connectivity index (χ1) is 20.7. The molecular weight excluding hydrogens is 601 g/mol. The van der Waals surface area contributed by atoms with Crippen molar-refractivity contribution in [3.63, 3.8) is 0 Å². The van der Waals surface area contributed by atoms with Crippen molar-refractivity contribution in [3.8, 4) is 11.5 Å². The fourth-order valence-corrected chi connectivity index (χ4v) is 5.13. The molecule has 12 nitrogen and oxygen atoms in total. The molecule has 3 heterocycles. The maximum Gasteiger partial charge on any atom is 0.330 e. The molecule has 0 saturated carbocycles. The van der Waals surface area contributed by atoms with Gasteiger partial charge in [-0.05, 0) is 55.0 Å². The molecule has 2 N–H and O–H groups in total. The van der Waals surface area contributed by atoms with Crippen molar-refractivity contribution in [1.29, 1.82) is 0 Å². The zero-order valence-corrected chi connectivity index (χ0v) is 24.6. The molecule has 43 heavy (non-hydrogen) atoms. The number of ether oxygens (including phenoxy) is 3. The minimum atomic E-state index is -0.711. The smallest absolute Gasteiger partial charge is 0.330 e. The van der Waals surface area contributed by atoms with E-state index in [-0.39, 0.29) is 19.0 Å². The number of hydrogen-bond donors (Lipinski definition) is 2. The SMILES string of the molecule is COc1cc(C(=O)/C=C/c2ccc(Cl)cc2Cl)ccc1OCc1cn([C@H]2C[C@H](n3cc(C)c(=O)[nH]c3=O)O[C@@H]2CO)nn1. The summed E-state index contributed by atoms with van der Waals surface area (Å²) in [4.78, 5) is 39.1. The van der Waals surface area contributed by atoms with Gasteiger partial charge in [0.15, 0.2) is 17.3 Å². The standard InChI is InChI=1S/C29H27Cl2N5O7/c1-16-12-35(29(40)32-28(16)39)27-11-22(26(14-37)43-27)36-13-20(33-34-36)15-42-24-8-5-18(9-25(24)41-2)23(38)7-4-17-3-6-19(30)10-21(17)31/h3-10,12-13,22,26-27,37H,11,14-15H2,1-2H3,(H,32,39,40)/b7-4+/t22-,26+,27+/m0/s1. The second-order valence-corrected chi connectivity index (χ2v) is 10.6. The number of ketones is 1. The number of aryl methyl sites for hydroxylation is 1. The van der Waals surface area contributed by atoms with Gasteiger partial charge in [-0.15, -0.1) is 5.10 Å². The summed E-state index contributed by atoms with van der Waals surface area (Å²) in [5, 5.41) is 19.2. The maximum absolute atomic E-state index is 12.8. The number of carbonyl (C=O) groups excluding carboxylic acids is 1. The van der Waals surface area contributed by atoms with Gasteiger partial charge >= 0.3 is 5.69 Å². The lowest BCUT2D eigenvalue weighted by atomic mass is 10.1. The number of methoxy groups -OCH3 is 1. The molecule has 0 radical (unpaired) electrons. The van der Waals surface area contributed by atoms with Crippen LogP contribution >= 0.6 is 23.2 Å². The van der Waals surface area contributed by atoms with Gasteiger partial charge in [-0.1, -0.05) is 34.5 Å². The normalized spacial score (nSPS) is 18.3. The number of aromatic nitrogens is 5. The van der Waals surface area contributed by atoms with E-state index in [1.54, 1.807) is 60.3 Å². The first-order valence-corrected chi connectivity index (χ1v) is 13.9. The van der Waals surface area contributed by atoms with Crippen LogP contribution in [0.2, 0.25) is 10.0 Å². The number of rotatable bonds is 10. The van der Waals surface area contributed by atoms with Crippen LogP contribution in [-0.4, -0.2) is 55.3 Å². The molecule has 0 aliphatic carbocycles. The Kier molecular flexibility index (Phi) is 9.11. The average molecular weight is 628 g/mol. The maximum atomic E-state index is 12.8. The van der Waals surface area contributed by atoms with Gasteiger partial charge in [0.1, 0.15) is 24.6 Å². The van der Waals surface area contributed by atoms with Crippen LogP contribution in [0, 0.1) is 6.92 Å². The molecule has 0 amide bonds. The Bertz CT molecular complexity index is 1800. The van der Waals surface area contributed by atoms with Gasteiger partial charge in [0.2, 0.25) is 0 Å². The van der Waals surface area contributed by atoms with E-state index in [2.05, 4.69) is 15.3 Å².